The molecule has 0 radical (unpaired) electrons. The molecule has 1 amide bonds. The normalized spacial score (nSPS) is 15.1. The minimum Gasteiger partial charge on any atom is -0.493 e. The van der Waals surface area contributed by atoms with Gasteiger partial charge in [0.05, 0.1) is 29.4 Å². The molecule has 1 aromatic carbocycles. The molecule has 0 saturated heterocycles. The van der Waals surface area contributed by atoms with Crippen molar-refractivity contribution in [1.29, 1.82) is 0 Å². The maximum atomic E-state index is 11.0. The predicted octanol–water partition coefficient (Wildman–Crippen LogP) is 4.56. The number of nitrogens with zero attached hydrogens (tertiary/aromatic N) is 2. The van der Waals surface area contributed by atoms with Crippen molar-refractivity contribution in [1.82, 2.24) is 15.1 Å². The molecule has 1 fully saturated rings. The molecule has 3 rings (SSSR count). The SMILES string of the molecule is CC(=O)N[C@@H](C)/C=C/c1cnn(Cc2c(Cl)cc(OCC3CC3)cc2Cl)c1. The Labute approximate surface area is 169 Å². The Morgan fingerprint density at radius 1 is 1.41 bits per heavy atom. The highest BCUT2D eigenvalue weighted by molar-refractivity contribution is 6.36. The molecule has 1 heterocycles. The van der Waals surface area contributed by atoms with Crippen LogP contribution < -0.4 is 10.1 Å². The van der Waals surface area contributed by atoms with Crippen LogP contribution in [0.15, 0.2) is 30.6 Å². The molecule has 27 heavy (non-hydrogen) atoms. The summed E-state index contributed by atoms with van der Waals surface area (Å²) in [4.78, 5) is 11.0. The number of carbonyl (C=O) groups excluding carboxylic acids is 1. The Balaban J connectivity index is 1.64. The fraction of sp³-hybridized carbons (Fsp3) is 0.400. The second kappa shape index (κ2) is 8.81. The quantitative estimate of drug-likeness (QED) is 0.697. The maximum absolute atomic E-state index is 11.0. The highest BCUT2D eigenvalue weighted by Gasteiger charge is 2.22. The molecule has 1 atom stereocenters. The summed E-state index contributed by atoms with van der Waals surface area (Å²) in [7, 11) is 0. The van der Waals surface area contributed by atoms with E-state index in [1.165, 1.54) is 19.8 Å². The smallest absolute Gasteiger partial charge is 0.217 e. The van der Waals surface area contributed by atoms with Gasteiger partial charge in [-0.05, 0) is 37.8 Å². The molecule has 1 aliphatic rings. The molecule has 7 heteroatoms. The Hall–Kier alpha value is -1.98. The molecule has 1 saturated carbocycles. The van der Waals surface area contributed by atoms with Crippen LogP contribution in [0.3, 0.4) is 0 Å². The third-order valence-electron chi connectivity index (χ3n) is 4.28. The van der Waals surface area contributed by atoms with E-state index in [-0.39, 0.29) is 11.9 Å². The van der Waals surface area contributed by atoms with Gasteiger partial charge in [0.1, 0.15) is 5.75 Å². The first kappa shape index (κ1) is 19.8. The van der Waals surface area contributed by atoms with Crippen LogP contribution in [0.1, 0.15) is 37.8 Å². The summed E-state index contributed by atoms with van der Waals surface area (Å²) in [6, 6.07) is 3.58. The number of halogens is 2. The monoisotopic (exact) mass is 407 g/mol. The van der Waals surface area contributed by atoms with Crippen LogP contribution in [-0.2, 0) is 11.3 Å². The van der Waals surface area contributed by atoms with E-state index in [9.17, 15) is 4.79 Å². The lowest BCUT2D eigenvalue weighted by Crippen LogP contribution is -2.28. The average molecular weight is 408 g/mol. The van der Waals surface area contributed by atoms with Crippen molar-refractivity contribution in [2.75, 3.05) is 6.61 Å². The number of amides is 1. The third-order valence-corrected chi connectivity index (χ3v) is 4.95. The fourth-order valence-corrected chi connectivity index (χ4v) is 3.24. The topological polar surface area (TPSA) is 56.2 Å². The zero-order valence-electron chi connectivity index (χ0n) is 15.4. The zero-order valence-corrected chi connectivity index (χ0v) is 16.9. The van der Waals surface area contributed by atoms with E-state index in [0.29, 0.717) is 28.3 Å². The van der Waals surface area contributed by atoms with Crippen LogP contribution in [-0.4, -0.2) is 28.3 Å². The van der Waals surface area contributed by atoms with Crippen molar-refractivity contribution in [3.63, 3.8) is 0 Å². The number of rotatable bonds is 8. The molecule has 1 N–H and O–H groups in total. The fourth-order valence-electron chi connectivity index (χ4n) is 2.65. The summed E-state index contributed by atoms with van der Waals surface area (Å²) in [5, 5.41) is 8.29. The van der Waals surface area contributed by atoms with Crippen molar-refractivity contribution >= 4 is 35.2 Å². The first-order valence-corrected chi connectivity index (χ1v) is 9.75. The van der Waals surface area contributed by atoms with Gasteiger partial charge in [0.15, 0.2) is 0 Å². The molecule has 0 spiro atoms. The first-order valence-electron chi connectivity index (χ1n) is 8.99. The van der Waals surface area contributed by atoms with E-state index in [1.807, 2.05) is 37.4 Å². The summed E-state index contributed by atoms with van der Waals surface area (Å²) < 4.78 is 7.53. The Bertz CT molecular complexity index is 820. The van der Waals surface area contributed by atoms with E-state index in [1.54, 1.807) is 10.9 Å². The number of ether oxygens (including phenoxy) is 1. The minimum atomic E-state index is -0.0586. The second-order valence-electron chi connectivity index (χ2n) is 6.94. The van der Waals surface area contributed by atoms with Crippen molar-refractivity contribution in [2.24, 2.45) is 5.92 Å². The van der Waals surface area contributed by atoms with Crippen LogP contribution in [0.4, 0.5) is 0 Å². The molecule has 144 valence electrons. The van der Waals surface area contributed by atoms with E-state index >= 15 is 0 Å². The van der Waals surface area contributed by atoms with Gasteiger partial charge in [0, 0.05) is 30.3 Å². The van der Waals surface area contributed by atoms with Gasteiger partial charge in [0.2, 0.25) is 5.91 Å². The van der Waals surface area contributed by atoms with E-state index in [4.69, 9.17) is 27.9 Å². The van der Waals surface area contributed by atoms with Gasteiger partial charge in [0.25, 0.3) is 0 Å². The van der Waals surface area contributed by atoms with Crippen molar-refractivity contribution in [3.05, 3.63) is 51.8 Å². The molecule has 5 nitrogen and oxygen atoms in total. The summed E-state index contributed by atoms with van der Waals surface area (Å²) in [5.74, 6) is 1.32. The van der Waals surface area contributed by atoms with Gasteiger partial charge in [-0.25, -0.2) is 0 Å². The maximum Gasteiger partial charge on any atom is 0.217 e. The van der Waals surface area contributed by atoms with E-state index in [0.717, 1.165) is 17.7 Å². The highest BCUT2D eigenvalue weighted by atomic mass is 35.5. The van der Waals surface area contributed by atoms with Gasteiger partial charge in [-0.3, -0.25) is 9.48 Å². The van der Waals surface area contributed by atoms with Crippen molar-refractivity contribution in [3.8, 4) is 5.75 Å². The lowest BCUT2D eigenvalue weighted by atomic mass is 10.2. The molecule has 1 aliphatic carbocycles. The number of nitrogens with one attached hydrogen (secondary N) is 1. The second-order valence-corrected chi connectivity index (χ2v) is 7.75. The summed E-state index contributed by atoms with van der Waals surface area (Å²) in [5.41, 5.74) is 1.74. The number of hydrogen-bond donors (Lipinski definition) is 1. The highest BCUT2D eigenvalue weighted by Crippen LogP contribution is 2.33. The summed E-state index contributed by atoms with van der Waals surface area (Å²) >= 11 is 12.8. The van der Waals surface area contributed by atoms with E-state index < -0.39 is 0 Å². The summed E-state index contributed by atoms with van der Waals surface area (Å²) in [6.07, 6.45) is 9.96. The minimum absolute atomic E-state index is 0.0436. The first-order chi connectivity index (χ1) is 12.9. The molecule has 0 bridgehead atoms. The molecule has 0 unspecified atom stereocenters. The van der Waals surface area contributed by atoms with Crippen LogP contribution in [0.25, 0.3) is 6.08 Å². The Morgan fingerprint density at radius 2 is 2.11 bits per heavy atom. The standard InChI is InChI=1S/C20H23Cl2N3O2/c1-13(24-14(2)26)3-4-16-9-23-25(10-16)11-18-19(21)7-17(8-20(18)22)27-12-15-5-6-15/h3-4,7-10,13,15H,5-6,11-12H2,1-2H3,(H,24,26)/b4-3+/t13-/m0/s1. The van der Waals surface area contributed by atoms with Gasteiger partial charge in [-0.1, -0.05) is 35.4 Å². The van der Waals surface area contributed by atoms with E-state index in [2.05, 4.69) is 10.4 Å². The molecule has 0 aliphatic heterocycles. The zero-order chi connectivity index (χ0) is 19.4. The van der Waals surface area contributed by atoms with Gasteiger partial charge >= 0.3 is 0 Å². The number of benzene rings is 1. The van der Waals surface area contributed by atoms with Gasteiger partial charge in [-0.2, -0.15) is 5.10 Å². The molecule has 2 aromatic rings. The lowest BCUT2D eigenvalue weighted by molar-refractivity contribution is -0.119. The molecule has 1 aromatic heterocycles. The van der Waals surface area contributed by atoms with Gasteiger partial charge < -0.3 is 10.1 Å². The average Bonchev–Trinajstić information content (AvgIpc) is 3.32. The lowest BCUT2D eigenvalue weighted by Gasteiger charge is -2.11. The summed E-state index contributed by atoms with van der Waals surface area (Å²) in [6.45, 7) is 4.60. The number of carbonyl (C=O) groups is 1. The van der Waals surface area contributed by atoms with Gasteiger partial charge in [-0.15, -0.1) is 0 Å². The largest absolute Gasteiger partial charge is 0.493 e. The Kier molecular flexibility index (Phi) is 6.45. The number of hydrogen-bond acceptors (Lipinski definition) is 3. The molecular formula is C20H23Cl2N3O2. The van der Waals surface area contributed by atoms with Crippen molar-refractivity contribution < 1.29 is 9.53 Å². The van der Waals surface area contributed by atoms with Crippen molar-refractivity contribution in [2.45, 2.75) is 39.3 Å². The number of aromatic nitrogens is 2. The van der Waals surface area contributed by atoms with Crippen LogP contribution >= 0.6 is 23.2 Å². The third kappa shape index (κ3) is 6.01. The van der Waals surface area contributed by atoms with Crippen LogP contribution in [0.5, 0.6) is 5.75 Å². The van der Waals surface area contributed by atoms with Crippen LogP contribution in [0.2, 0.25) is 10.0 Å². The predicted molar refractivity (Wildman–Crippen MR) is 108 cm³/mol. The molecular weight excluding hydrogens is 385 g/mol. The Morgan fingerprint density at radius 3 is 2.74 bits per heavy atom. The van der Waals surface area contributed by atoms with Crippen LogP contribution in [0, 0.1) is 5.92 Å².